The molecule has 0 amide bonds. The van der Waals surface area contributed by atoms with Crippen LogP contribution in [0.3, 0.4) is 0 Å². The van der Waals surface area contributed by atoms with Crippen molar-refractivity contribution in [3.05, 3.63) is 12.2 Å². The van der Waals surface area contributed by atoms with Crippen LogP contribution in [0.5, 0.6) is 0 Å². The quantitative estimate of drug-likeness (QED) is 0.463. The van der Waals surface area contributed by atoms with Gasteiger partial charge in [-0.2, -0.15) is 0 Å². The zero-order valence-electron chi connectivity index (χ0n) is 15.3. The average molecular weight is 364 g/mol. The Hall–Kier alpha value is -0.790. The topological polar surface area (TPSA) is 107 Å². The number of rotatable bonds is 0. The average Bonchev–Trinajstić information content (AvgIpc) is 2.69. The van der Waals surface area contributed by atoms with Gasteiger partial charge in [-0.3, -0.25) is 4.79 Å². The minimum absolute atomic E-state index is 0.0966. The van der Waals surface area contributed by atoms with E-state index in [1.165, 1.54) is 0 Å². The molecule has 6 heteroatoms. The van der Waals surface area contributed by atoms with Gasteiger partial charge in [-0.1, -0.05) is 20.4 Å². The minimum atomic E-state index is -2.15. The standard InChI is InChI=1S/C20H28O6/c1-9-10-4-5-11-18-8-26-20(25,19(11,14(9)22)15(10)23)16(24)13(18)17(2,3)7-6-12(18)21/h10-13,15-16,21,23-25H,1,4-8H2,2-3H3/t10?,11?,12-,13?,15+,16?,18-,19?,20?/m0/s1. The van der Waals surface area contributed by atoms with Crippen molar-refractivity contribution in [1.29, 1.82) is 0 Å². The van der Waals surface area contributed by atoms with E-state index in [-0.39, 0.29) is 12.0 Å². The van der Waals surface area contributed by atoms with Crippen LogP contribution in [0, 0.1) is 34.0 Å². The first-order chi connectivity index (χ1) is 12.1. The van der Waals surface area contributed by atoms with Crippen LogP contribution in [0.2, 0.25) is 0 Å². The maximum atomic E-state index is 13.3. The number of hydrogen-bond donors (Lipinski definition) is 4. The highest BCUT2D eigenvalue weighted by molar-refractivity contribution is 6.05. The first kappa shape index (κ1) is 17.3. The zero-order valence-corrected chi connectivity index (χ0v) is 15.3. The smallest absolute Gasteiger partial charge is 0.208 e. The number of aliphatic hydroxyl groups excluding tert-OH is 3. The fourth-order valence-electron chi connectivity index (χ4n) is 7.90. The van der Waals surface area contributed by atoms with Crippen molar-refractivity contribution >= 4 is 5.78 Å². The second-order valence-corrected chi connectivity index (χ2v) is 9.97. The summed E-state index contributed by atoms with van der Waals surface area (Å²) >= 11 is 0. The Bertz CT molecular complexity index is 717. The number of ketones is 1. The summed E-state index contributed by atoms with van der Waals surface area (Å²) in [6, 6.07) is 0. The van der Waals surface area contributed by atoms with E-state index in [0.29, 0.717) is 24.8 Å². The molecule has 6 nitrogen and oxygen atoms in total. The number of Topliss-reactive ketones (excluding diaryl/α,β-unsaturated/α-hetero) is 1. The third-order valence-electron chi connectivity index (χ3n) is 8.88. The molecule has 4 N–H and O–H groups in total. The molecule has 6 fully saturated rings. The van der Waals surface area contributed by atoms with E-state index in [2.05, 4.69) is 6.58 Å². The van der Waals surface area contributed by atoms with Gasteiger partial charge in [0.2, 0.25) is 5.79 Å². The highest BCUT2D eigenvalue weighted by Gasteiger charge is 2.86. The van der Waals surface area contributed by atoms with Gasteiger partial charge in [0.15, 0.2) is 5.78 Å². The molecule has 4 aliphatic carbocycles. The molecule has 2 aliphatic heterocycles. The van der Waals surface area contributed by atoms with Crippen molar-refractivity contribution in [3.63, 3.8) is 0 Å². The Morgan fingerprint density at radius 3 is 2.50 bits per heavy atom. The van der Waals surface area contributed by atoms with Gasteiger partial charge < -0.3 is 25.2 Å². The summed E-state index contributed by atoms with van der Waals surface area (Å²) < 4.78 is 5.80. The molecule has 144 valence electrons. The molecule has 6 aliphatic rings. The highest BCUT2D eigenvalue weighted by atomic mass is 16.6. The lowest BCUT2D eigenvalue weighted by atomic mass is 9.35. The van der Waals surface area contributed by atoms with Crippen LogP contribution in [-0.4, -0.2) is 56.9 Å². The van der Waals surface area contributed by atoms with E-state index in [9.17, 15) is 25.2 Å². The molecule has 6 rings (SSSR count). The van der Waals surface area contributed by atoms with Crippen LogP contribution >= 0.6 is 0 Å². The lowest BCUT2D eigenvalue weighted by Crippen LogP contribution is -2.85. The number of fused-ring (bicyclic) bond motifs is 2. The van der Waals surface area contributed by atoms with Gasteiger partial charge in [0.1, 0.15) is 11.5 Å². The fourth-order valence-corrected chi connectivity index (χ4v) is 7.90. The summed E-state index contributed by atoms with van der Waals surface area (Å²) in [7, 11) is 0. The summed E-state index contributed by atoms with van der Waals surface area (Å²) in [5, 5.41) is 45.1. The first-order valence-corrected chi connectivity index (χ1v) is 9.71. The molecule has 4 bridgehead atoms. The molecule has 0 aromatic heterocycles. The van der Waals surface area contributed by atoms with Gasteiger partial charge in [-0.25, -0.2) is 0 Å². The Balaban J connectivity index is 1.81. The van der Waals surface area contributed by atoms with Gasteiger partial charge in [0, 0.05) is 17.3 Å². The van der Waals surface area contributed by atoms with Crippen LogP contribution in [0.4, 0.5) is 0 Å². The molecule has 26 heavy (non-hydrogen) atoms. The van der Waals surface area contributed by atoms with E-state index < -0.39 is 58.5 Å². The highest BCUT2D eigenvalue weighted by Crippen LogP contribution is 2.76. The number of ether oxygens (including phenoxy) is 1. The summed E-state index contributed by atoms with van der Waals surface area (Å²) in [6.45, 7) is 8.07. The minimum Gasteiger partial charge on any atom is -0.392 e. The SMILES string of the molecule is C=C1C(=O)C23C(CCC1[C@H]2O)[C@]12COC3(O)C(O)C1C(C)(C)CC[C@@H]2O. The molecular weight excluding hydrogens is 336 g/mol. The Morgan fingerprint density at radius 1 is 1.12 bits per heavy atom. The Kier molecular flexibility index (Phi) is 3.07. The second-order valence-electron chi connectivity index (χ2n) is 9.97. The molecule has 6 unspecified atom stereocenters. The van der Waals surface area contributed by atoms with E-state index in [1.807, 2.05) is 13.8 Å². The number of carbonyl (C=O) groups excluding carboxylic acids is 1. The molecular formula is C20H28O6. The predicted octanol–water partition coefficient (Wildman–Crippen LogP) is 0.376. The number of hydrogen-bond acceptors (Lipinski definition) is 6. The van der Waals surface area contributed by atoms with E-state index in [4.69, 9.17) is 4.74 Å². The predicted molar refractivity (Wildman–Crippen MR) is 90.7 cm³/mol. The molecule has 0 aromatic carbocycles. The fraction of sp³-hybridized carbons (Fsp3) is 0.850. The third-order valence-corrected chi connectivity index (χ3v) is 8.88. The maximum Gasteiger partial charge on any atom is 0.208 e. The van der Waals surface area contributed by atoms with E-state index in [1.54, 1.807) is 0 Å². The summed E-state index contributed by atoms with van der Waals surface area (Å²) in [6.07, 6.45) is -0.747. The van der Waals surface area contributed by atoms with Crippen molar-refractivity contribution in [2.24, 2.45) is 34.0 Å². The lowest BCUT2D eigenvalue weighted by molar-refractivity contribution is -0.458. The monoisotopic (exact) mass is 364 g/mol. The van der Waals surface area contributed by atoms with Gasteiger partial charge in [-0.15, -0.1) is 0 Å². The molecule has 2 spiro atoms. The molecule has 9 atom stereocenters. The molecule has 0 aromatic rings. The van der Waals surface area contributed by atoms with Gasteiger partial charge >= 0.3 is 0 Å². The molecule has 2 heterocycles. The summed E-state index contributed by atoms with van der Waals surface area (Å²) in [4.78, 5) is 13.3. The first-order valence-electron chi connectivity index (χ1n) is 9.71. The van der Waals surface area contributed by atoms with Crippen LogP contribution in [-0.2, 0) is 9.53 Å². The normalized spacial score (nSPS) is 59.9. The molecule has 4 saturated carbocycles. The van der Waals surface area contributed by atoms with Crippen LogP contribution in [0.15, 0.2) is 12.2 Å². The van der Waals surface area contributed by atoms with Crippen molar-refractivity contribution in [1.82, 2.24) is 0 Å². The Morgan fingerprint density at radius 2 is 1.81 bits per heavy atom. The number of aliphatic hydroxyl groups is 4. The van der Waals surface area contributed by atoms with Crippen molar-refractivity contribution in [2.75, 3.05) is 6.61 Å². The maximum absolute atomic E-state index is 13.3. The van der Waals surface area contributed by atoms with Crippen LogP contribution in [0.25, 0.3) is 0 Å². The molecule has 2 saturated heterocycles. The van der Waals surface area contributed by atoms with Gasteiger partial charge in [0.25, 0.3) is 0 Å². The lowest BCUT2D eigenvalue weighted by Gasteiger charge is -2.74. The largest absolute Gasteiger partial charge is 0.392 e. The second kappa shape index (κ2) is 4.61. The summed E-state index contributed by atoms with van der Waals surface area (Å²) in [5.74, 6) is -3.80. The van der Waals surface area contributed by atoms with Crippen LogP contribution < -0.4 is 0 Å². The van der Waals surface area contributed by atoms with Crippen molar-refractivity contribution in [3.8, 4) is 0 Å². The van der Waals surface area contributed by atoms with Gasteiger partial charge in [0.05, 0.1) is 18.8 Å². The van der Waals surface area contributed by atoms with E-state index >= 15 is 0 Å². The number of carbonyl (C=O) groups is 1. The zero-order chi connectivity index (χ0) is 18.9. The van der Waals surface area contributed by atoms with Crippen LogP contribution in [0.1, 0.15) is 39.5 Å². The van der Waals surface area contributed by atoms with Gasteiger partial charge in [-0.05, 0) is 42.6 Å². The third kappa shape index (κ3) is 1.41. The molecule has 0 radical (unpaired) electrons. The van der Waals surface area contributed by atoms with E-state index in [0.717, 1.165) is 6.42 Å². The van der Waals surface area contributed by atoms with Crippen molar-refractivity contribution < 1.29 is 30.0 Å². The van der Waals surface area contributed by atoms with Crippen molar-refractivity contribution in [2.45, 2.75) is 63.6 Å². The Labute approximate surface area is 152 Å². The summed E-state index contributed by atoms with van der Waals surface area (Å²) in [5.41, 5.74) is -2.49.